The monoisotopic (exact) mass is 338 g/mol. The Bertz CT molecular complexity index is 425. The summed E-state index contributed by atoms with van der Waals surface area (Å²) < 4.78 is 1.21. The minimum atomic E-state index is 0.262. The van der Waals surface area contributed by atoms with E-state index in [0.717, 1.165) is 18.8 Å². The van der Waals surface area contributed by atoms with Crippen molar-refractivity contribution < 1.29 is 0 Å². The van der Waals surface area contributed by atoms with Gasteiger partial charge in [0, 0.05) is 29.3 Å². The zero-order valence-corrected chi connectivity index (χ0v) is 14.3. The third kappa shape index (κ3) is 3.98. The number of hydrogen-bond donors (Lipinski definition) is 1. The van der Waals surface area contributed by atoms with E-state index in [0.29, 0.717) is 0 Å². The minimum Gasteiger partial charge on any atom is -0.371 e. The number of nitrogens with zero attached hydrogens (tertiary/aromatic N) is 1. The van der Waals surface area contributed by atoms with E-state index in [1.54, 1.807) is 0 Å². The Hall–Kier alpha value is -0.540. The van der Waals surface area contributed by atoms with Crippen molar-refractivity contribution in [3.05, 3.63) is 28.2 Å². The molecule has 2 N–H and O–H groups in total. The lowest BCUT2D eigenvalue weighted by molar-refractivity contribution is 0.395. The second-order valence-electron chi connectivity index (χ2n) is 5.99. The van der Waals surface area contributed by atoms with Crippen LogP contribution < -0.4 is 10.6 Å². The van der Waals surface area contributed by atoms with E-state index in [9.17, 15) is 0 Å². The average Bonchev–Trinajstić information content (AvgIpc) is 2.49. The Labute approximate surface area is 131 Å². The van der Waals surface area contributed by atoms with Gasteiger partial charge in [-0.15, -0.1) is 0 Å². The van der Waals surface area contributed by atoms with Crippen LogP contribution in [0.15, 0.2) is 22.7 Å². The van der Waals surface area contributed by atoms with Crippen LogP contribution in [-0.2, 0) is 6.42 Å². The summed E-state index contributed by atoms with van der Waals surface area (Å²) in [6.45, 7) is 6.84. The smallest absolute Gasteiger partial charge is 0.0377 e. The summed E-state index contributed by atoms with van der Waals surface area (Å²) in [5.41, 5.74) is 8.73. The Morgan fingerprint density at radius 3 is 2.55 bits per heavy atom. The SMILES string of the molecule is CCC(N)Cc1ccc(N2CCC(CC)CC2)cc1Br. The normalized spacial score (nSPS) is 18.3. The van der Waals surface area contributed by atoms with E-state index < -0.39 is 0 Å². The fourth-order valence-electron chi connectivity index (χ4n) is 2.92. The zero-order valence-electron chi connectivity index (χ0n) is 12.7. The molecule has 2 nitrogen and oxygen atoms in total. The third-order valence-electron chi connectivity index (χ3n) is 4.60. The van der Waals surface area contributed by atoms with Crippen LogP contribution in [0.25, 0.3) is 0 Å². The number of anilines is 1. The molecule has 1 heterocycles. The van der Waals surface area contributed by atoms with Crippen molar-refractivity contribution >= 4 is 21.6 Å². The molecule has 1 aromatic rings. The first-order valence-corrected chi connectivity index (χ1v) is 8.72. The van der Waals surface area contributed by atoms with E-state index in [1.807, 2.05) is 0 Å². The molecule has 1 aliphatic rings. The van der Waals surface area contributed by atoms with E-state index in [4.69, 9.17) is 5.73 Å². The number of halogens is 1. The van der Waals surface area contributed by atoms with Crippen molar-refractivity contribution in [2.45, 2.75) is 52.0 Å². The van der Waals surface area contributed by atoms with Gasteiger partial charge in [-0.1, -0.05) is 42.3 Å². The van der Waals surface area contributed by atoms with Crippen LogP contribution in [0.4, 0.5) is 5.69 Å². The Morgan fingerprint density at radius 2 is 2.00 bits per heavy atom. The molecule has 0 bridgehead atoms. The van der Waals surface area contributed by atoms with Crippen LogP contribution in [0, 0.1) is 5.92 Å². The average molecular weight is 339 g/mol. The summed E-state index contributed by atoms with van der Waals surface area (Å²) in [6.07, 6.45) is 5.96. The van der Waals surface area contributed by atoms with Crippen molar-refractivity contribution in [1.29, 1.82) is 0 Å². The molecule has 0 amide bonds. The van der Waals surface area contributed by atoms with Crippen molar-refractivity contribution in [2.24, 2.45) is 11.7 Å². The topological polar surface area (TPSA) is 29.3 Å². The molecule has 1 saturated heterocycles. The number of hydrogen-bond acceptors (Lipinski definition) is 2. The molecule has 1 aromatic carbocycles. The number of benzene rings is 1. The number of nitrogens with two attached hydrogens (primary N) is 1. The lowest BCUT2D eigenvalue weighted by atomic mass is 9.94. The van der Waals surface area contributed by atoms with Crippen molar-refractivity contribution in [1.82, 2.24) is 0 Å². The highest BCUT2D eigenvalue weighted by Gasteiger charge is 2.18. The van der Waals surface area contributed by atoms with Gasteiger partial charge in [0.15, 0.2) is 0 Å². The van der Waals surface area contributed by atoms with Gasteiger partial charge >= 0.3 is 0 Å². The van der Waals surface area contributed by atoms with Crippen molar-refractivity contribution in [3.63, 3.8) is 0 Å². The summed E-state index contributed by atoms with van der Waals surface area (Å²) in [5.74, 6) is 0.927. The van der Waals surface area contributed by atoms with Gasteiger partial charge in [0.25, 0.3) is 0 Å². The number of piperidine rings is 1. The molecule has 0 saturated carbocycles. The Kier molecular flexibility index (Phi) is 5.91. The molecule has 3 heteroatoms. The van der Waals surface area contributed by atoms with Gasteiger partial charge in [-0.05, 0) is 49.3 Å². The summed E-state index contributed by atoms with van der Waals surface area (Å²) in [5, 5.41) is 0. The summed E-state index contributed by atoms with van der Waals surface area (Å²) >= 11 is 3.71. The van der Waals surface area contributed by atoms with Gasteiger partial charge in [0.05, 0.1) is 0 Å². The fourth-order valence-corrected chi connectivity index (χ4v) is 3.45. The highest BCUT2D eigenvalue weighted by molar-refractivity contribution is 9.10. The first kappa shape index (κ1) is 15.8. The van der Waals surface area contributed by atoms with Crippen LogP contribution in [0.2, 0.25) is 0 Å². The first-order chi connectivity index (χ1) is 9.63. The van der Waals surface area contributed by atoms with Crippen LogP contribution in [0.3, 0.4) is 0 Å². The maximum Gasteiger partial charge on any atom is 0.0377 e. The van der Waals surface area contributed by atoms with Crippen LogP contribution in [0.5, 0.6) is 0 Å². The minimum absolute atomic E-state index is 0.262. The Morgan fingerprint density at radius 1 is 1.30 bits per heavy atom. The van der Waals surface area contributed by atoms with Crippen LogP contribution >= 0.6 is 15.9 Å². The highest BCUT2D eigenvalue weighted by Crippen LogP contribution is 2.29. The fraction of sp³-hybridized carbons (Fsp3) is 0.647. The molecule has 112 valence electrons. The molecule has 0 aromatic heterocycles. The van der Waals surface area contributed by atoms with Crippen LogP contribution in [0.1, 0.15) is 45.1 Å². The molecule has 1 atom stereocenters. The van der Waals surface area contributed by atoms with Gasteiger partial charge in [0.1, 0.15) is 0 Å². The van der Waals surface area contributed by atoms with Gasteiger partial charge in [0.2, 0.25) is 0 Å². The highest BCUT2D eigenvalue weighted by atomic mass is 79.9. The molecule has 1 unspecified atom stereocenters. The maximum atomic E-state index is 6.05. The molecular weight excluding hydrogens is 312 g/mol. The molecule has 1 fully saturated rings. The number of rotatable bonds is 5. The second kappa shape index (κ2) is 7.46. The first-order valence-electron chi connectivity index (χ1n) is 7.93. The second-order valence-corrected chi connectivity index (χ2v) is 6.84. The van der Waals surface area contributed by atoms with Crippen molar-refractivity contribution in [2.75, 3.05) is 18.0 Å². The lowest BCUT2D eigenvalue weighted by Gasteiger charge is -2.33. The van der Waals surface area contributed by atoms with Gasteiger partial charge in [-0.25, -0.2) is 0 Å². The van der Waals surface area contributed by atoms with E-state index in [1.165, 1.54) is 48.1 Å². The van der Waals surface area contributed by atoms with E-state index in [-0.39, 0.29) is 6.04 Å². The molecule has 0 spiro atoms. The summed E-state index contributed by atoms with van der Waals surface area (Å²) in [7, 11) is 0. The standard InChI is InChI=1S/C17H27BrN2/c1-3-13-7-9-20(10-8-13)16-6-5-14(17(18)12-16)11-15(19)4-2/h5-6,12-13,15H,3-4,7-11,19H2,1-2H3. The predicted molar refractivity (Wildman–Crippen MR) is 91.3 cm³/mol. The molecule has 20 heavy (non-hydrogen) atoms. The summed E-state index contributed by atoms with van der Waals surface area (Å²) in [4.78, 5) is 2.51. The predicted octanol–water partition coefficient (Wildman–Crippen LogP) is 4.36. The largest absolute Gasteiger partial charge is 0.371 e. The Balaban J connectivity index is 2.02. The van der Waals surface area contributed by atoms with Crippen molar-refractivity contribution in [3.8, 4) is 0 Å². The van der Waals surface area contributed by atoms with Gasteiger partial charge in [-0.3, -0.25) is 0 Å². The quantitative estimate of drug-likeness (QED) is 0.864. The molecule has 2 rings (SSSR count). The molecule has 0 aliphatic carbocycles. The van der Waals surface area contributed by atoms with Crippen LogP contribution in [-0.4, -0.2) is 19.1 Å². The van der Waals surface area contributed by atoms with Gasteiger partial charge < -0.3 is 10.6 Å². The zero-order chi connectivity index (χ0) is 14.5. The maximum absolute atomic E-state index is 6.05. The lowest BCUT2D eigenvalue weighted by Crippen LogP contribution is -2.33. The van der Waals surface area contributed by atoms with E-state index >= 15 is 0 Å². The third-order valence-corrected chi connectivity index (χ3v) is 5.34. The van der Waals surface area contributed by atoms with Gasteiger partial charge in [-0.2, -0.15) is 0 Å². The molecular formula is C17H27BrN2. The van der Waals surface area contributed by atoms with E-state index in [2.05, 4.69) is 52.9 Å². The summed E-state index contributed by atoms with van der Waals surface area (Å²) in [6, 6.07) is 7.02. The molecule has 0 radical (unpaired) electrons. The molecule has 1 aliphatic heterocycles.